The second-order valence-electron chi connectivity index (χ2n) is 5.12. The van der Waals surface area contributed by atoms with Crippen LogP contribution in [0.4, 0.5) is 5.69 Å². The number of nitrogens with zero attached hydrogens (tertiary/aromatic N) is 2. The highest BCUT2D eigenvalue weighted by Gasteiger charge is 2.29. The molecule has 0 radical (unpaired) electrons. The first-order valence-corrected chi connectivity index (χ1v) is 8.53. The number of amides is 1. The average Bonchev–Trinajstić information content (AvgIpc) is 2.80. The summed E-state index contributed by atoms with van der Waals surface area (Å²) in [6.07, 6.45) is 0.359. The lowest BCUT2D eigenvalue weighted by molar-refractivity contribution is -0.115. The van der Waals surface area contributed by atoms with Gasteiger partial charge in [0.1, 0.15) is 6.07 Å². The van der Waals surface area contributed by atoms with Crippen LogP contribution < -0.4 is 10.7 Å². The second kappa shape index (κ2) is 6.58. The molecule has 2 N–H and O–H groups in total. The number of benzene rings is 1. The maximum Gasteiger partial charge on any atom is 0.282 e. The monoisotopic (exact) mass is 320 g/mol. The highest BCUT2D eigenvalue weighted by atomic mass is 32.2. The fourth-order valence-electron chi connectivity index (χ4n) is 2.04. The molecule has 0 bridgehead atoms. The molecule has 0 saturated carbocycles. The van der Waals surface area contributed by atoms with Crippen molar-refractivity contribution in [2.75, 3.05) is 16.9 Å². The maximum atomic E-state index is 11.9. The molecule has 1 saturated heterocycles. The van der Waals surface area contributed by atoms with Crippen LogP contribution in [0.2, 0.25) is 0 Å². The Morgan fingerprint density at radius 3 is 2.59 bits per heavy atom. The second-order valence-corrected chi connectivity index (χ2v) is 7.35. The zero-order valence-electron chi connectivity index (χ0n) is 12.0. The summed E-state index contributed by atoms with van der Waals surface area (Å²) >= 11 is 0. The Balaban J connectivity index is 1.98. The Morgan fingerprint density at radius 2 is 2.05 bits per heavy atom. The van der Waals surface area contributed by atoms with Crippen LogP contribution in [0.3, 0.4) is 0 Å². The van der Waals surface area contributed by atoms with E-state index in [1.54, 1.807) is 18.2 Å². The molecule has 0 aromatic heterocycles. The van der Waals surface area contributed by atoms with Crippen molar-refractivity contribution in [2.45, 2.75) is 19.4 Å². The molecule has 0 unspecified atom stereocenters. The van der Waals surface area contributed by atoms with E-state index < -0.39 is 21.8 Å². The lowest BCUT2D eigenvalue weighted by Crippen LogP contribution is -2.39. The van der Waals surface area contributed by atoms with Crippen LogP contribution in [0.5, 0.6) is 0 Å². The minimum absolute atomic E-state index is 0.0542. The smallest absolute Gasteiger partial charge is 0.282 e. The molecule has 116 valence electrons. The van der Waals surface area contributed by atoms with Gasteiger partial charge in [-0.05, 0) is 25.5 Å². The third kappa shape index (κ3) is 4.30. The Bertz CT molecular complexity index is 732. The fraction of sp³-hybridized carbons (Fsp3) is 0.357. The van der Waals surface area contributed by atoms with Crippen molar-refractivity contribution < 1.29 is 13.2 Å². The molecular weight excluding hydrogens is 304 g/mol. The number of carbonyl (C=O) groups is 1. The van der Waals surface area contributed by atoms with E-state index in [9.17, 15) is 13.2 Å². The van der Waals surface area contributed by atoms with Gasteiger partial charge in [0.15, 0.2) is 9.84 Å². The number of hydrogen-bond acceptors (Lipinski definition) is 6. The van der Waals surface area contributed by atoms with Crippen molar-refractivity contribution in [1.82, 2.24) is 5.32 Å². The lowest BCUT2D eigenvalue weighted by atomic mass is 10.2. The van der Waals surface area contributed by atoms with E-state index in [4.69, 9.17) is 5.26 Å². The van der Waals surface area contributed by atoms with Gasteiger partial charge >= 0.3 is 0 Å². The van der Waals surface area contributed by atoms with E-state index in [0.717, 1.165) is 5.56 Å². The maximum absolute atomic E-state index is 11.9. The molecule has 1 aliphatic rings. The molecule has 1 aliphatic heterocycles. The highest BCUT2D eigenvalue weighted by Crippen LogP contribution is 2.11. The first-order valence-electron chi connectivity index (χ1n) is 6.71. The first-order chi connectivity index (χ1) is 10.4. The van der Waals surface area contributed by atoms with Crippen LogP contribution in [0.15, 0.2) is 29.4 Å². The van der Waals surface area contributed by atoms with E-state index in [1.165, 1.54) is 0 Å². The van der Waals surface area contributed by atoms with E-state index in [0.29, 0.717) is 12.1 Å². The summed E-state index contributed by atoms with van der Waals surface area (Å²) in [6, 6.07) is 8.52. The van der Waals surface area contributed by atoms with Gasteiger partial charge in [0, 0.05) is 6.04 Å². The Morgan fingerprint density at radius 1 is 1.36 bits per heavy atom. The van der Waals surface area contributed by atoms with Crippen molar-refractivity contribution in [2.24, 2.45) is 5.10 Å². The molecule has 1 amide bonds. The quantitative estimate of drug-likeness (QED) is 0.623. The lowest BCUT2D eigenvalue weighted by Gasteiger charge is -2.09. The van der Waals surface area contributed by atoms with E-state index in [2.05, 4.69) is 15.8 Å². The van der Waals surface area contributed by atoms with E-state index >= 15 is 0 Å². The normalized spacial score (nSPS) is 20.2. The van der Waals surface area contributed by atoms with E-state index in [-0.39, 0.29) is 17.2 Å². The molecule has 0 aliphatic carbocycles. The van der Waals surface area contributed by atoms with Crippen molar-refractivity contribution in [3.8, 4) is 6.07 Å². The fourth-order valence-corrected chi connectivity index (χ4v) is 3.71. The van der Waals surface area contributed by atoms with Crippen molar-refractivity contribution in [3.05, 3.63) is 29.8 Å². The molecular formula is C14H16N4O3S. The van der Waals surface area contributed by atoms with Gasteiger partial charge in [-0.15, -0.1) is 0 Å². The van der Waals surface area contributed by atoms with Gasteiger partial charge in [-0.2, -0.15) is 10.4 Å². The number of hydrazone groups is 1. The SMILES string of the molecule is Cc1ccc(N/N=C(\C#N)C(=O)N[C@H]2CCS(=O)(=O)C2)cc1. The van der Waals surface area contributed by atoms with Gasteiger partial charge in [0.2, 0.25) is 5.71 Å². The summed E-state index contributed by atoms with van der Waals surface area (Å²) in [5.74, 6) is -0.717. The summed E-state index contributed by atoms with van der Waals surface area (Å²) in [5, 5.41) is 15.3. The number of nitriles is 1. The third-order valence-corrected chi connectivity index (χ3v) is 5.00. The van der Waals surface area contributed by atoms with Crippen LogP contribution in [-0.4, -0.2) is 37.6 Å². The number of nitrogens with one attached hydrogen (secondary N) is 2. The summed E-state index contributed by atoms with van der Waals surface area (Å²) in [6.45, 7) is 1.94. The highest BCUT2D eigenvalue weighted by molar-refractivity contribution is 7.91. The Labute approximate surface area is 128 Å². The number of hydrogen-bond donors (Lipinski definition) is 2. The Kier molecular flexibility index (Phi) is 4.78. The van der Waals surface area contributed by atoms with Gasteiger partial charge < -0.3 is 5.32 Å². The zero-order valence-corrected chi connectivity index (χ0v) is 12.9. The molecule has 1 aromatic rings. The Hall–Kier alpha value is -2.40. The average molecular weight is 320 g/mol. The van der Waals surface area contributed by atoms with Gasteiger partial charge in [-0.1, -0.05) is 17.7 Å². The predicted octanol–water partition coefficient (Wildman–Crippen LogP) is 0.590. The topological polar surface area (TPSA) is 111 Å². The third-order valence-electron chi connectivity index (χ3n) is 3.24. The number of aryl methyl sites for hydroxylation is 1. The molecule has 2 rings (SSSR count). The van der Waals surface area contributed by atoms with Crippen molar-refractivity contribution in [3.63, 3.8) is 0 Å². The first kappa shape index (κ1) is 16.0. The molecule has 1 fully saturated rings. The van der Waals surface area contributed by atoms with Crippen LogP contribution >= 0.6 is 0 Å². The number of anilines is 1. The molecule has 8 heteroatoms. The number of sulfone groups is 1. The summed E-state index contributed by atoms with van der Waals surface area (Å²) in [7, 11) is -3.09. The van der Waals surface area contributed by atoms with Gasteiger partial charge in [0.05, 0.1) is 17.2 Å². The largest absolute Gasteiger partial charge is 0.346 e. The van der Waals surface area contributed by atoms with Crippen LogP contribution in [-0.2, 0) is 14.6 Å². The molecule has 7 nitrogen and oxygen atoms in total. The van der Waals surface area contributed by atoms with Crippen LogP contribution in [0.25, 0.3) is 0 Å². The minimum Gasteiger partial charge on any atom is -0.346 e. The molecule has 1 heterocycles. The molecule has 1 aromatic carbocycles. The van der Waals surface area contributed by atoms with Crippen LogP contribution in [0, 0.1) is 18.3 Å². The zero-order chi connectivity index (χ0) is 16.2. The molecule has 0 spiro atoms. The van der Waals surface area contributed by atoms with Crippen LogP contribution in [0.1, 0.15) is 12.0 Å². The standard InChI is InChI=1S/C14H16N4O3S/c1-10-2-4-11(5-3-10)17-18-13(8-15)14(19)16-12-6-7-22(20,21)9-12/h2-5,12,17H,6-7,9H2,1H3,(H,16,19)/b18-13+/t12-/m0/s1. The number of carbonyl (C=O) groups excluding carboxylic acids is 1. The summed E-state index contributed by atoms with van der Waals surface area (Å²) in [5.41, 5.74) is 4.02. The molecule has 1 atom stereocenters. The van der Waals surface area contributed by atoms with Crippen molar-refractivity contribution in [1.29, 1.82) is 5.26 Å². The van der Waals surface area contributed by atoms with Gasteiger partial charge in [0.25, 0.3) is 5.91 Å². The minimum atomic E-state index is -3.09. The van der Waals surface area contributed by atoms with E-state index in [1.807, 2.05) is 19.1 Å². The summed E-state index contributed by atoms with van der Waals surface area (Å²) in [4.78, 5) is 11.9. The van der Waals surface area contributed by atoms with Crippen molar-refractivity contribution >= 4 is 27.1 Å². The molecule has 22 heavy (non-hydrogen) atoms. The van der Waals surface area contributed by atoms with Gasteiger partial charge in [-0.25, -0.2) is 8.42 Å². The van der Waals surface area contributed by atoms with Gasteiger partial charge in [-0.3, -0.25) is 10.2 Å². The number of rotatable bonds is 4. The summed E-state index contributed by atoms with van der Waals surface area (Å²) < 4.78 is 22.7. The predicted molar refractivity (Wildman–Crippen MR) is 83.1 cm³/mol.